The normalized spacial score (nSPS) is 21.2. The Morgan fingerprint density at radius 2 is 1.90 bits per heavy atom. The first-order chi connectivity index (χ1) is 14.0. The maximum absolute atomic E-state index is 13.8. The minimum Gasteiger partial charge on any atom is -0.467 e. The highest BCUT2D eigenvalue weighted by atomic mass is 16.6. The van der Waals surface area contributed by atoms with Crippen LogP contribution in [0.25, 0.3) is 0 Å². The van der Waals surface area contributed by atoms with Gasteiger partial charge in [-0.1, -0.05) is 32.1 Å². The van der Waals surface area contributed by atoms with Crippen LogP contribution in [0.3, 0.4) is 0 Å². The number of amides is 2. The fraction of sp³-hybridized carbons (Fsp3) is 0.696. The Hall–Kier alpha value is -2.31. The van der Waals surface area contributed by atoms with Gasteiger partial charge in [0.25, 0.3) is 0 Å². The van der Waals surface area contributed by atoms with E-state index in [4.69, 9.17) is 9.47 Å². The molecule has 1 aliphatic heterocycles. The number of rotatable bonds is 8. The molecule has 1 saturated heterocycles. The van der Waals surface area contributed by atoms with Crippen molar-refractivity contribution in [2.75, 3.05) is 13.7 Å². The number of likely N-dealkylation sites (tertiary alicyclic amines) is 1. The molecule has 0 aromatic rings. The summed E-state index contributed by atoms with van der Waals surface area (Å²) in [4.78, 5) is 42.0. The van der Waals surface area contributed by atoms with E-state index in [1.165, 1.54) is 12.0 Å². The Bertz CT molecular complexity index is 652. The first-order valence-corrected chi connectivity index (χ1v) is 10.7. The molecule has 0 aliphatic carbocycles. The van der Waals surface area contributed by atoms with E-state index in [-0.39, 0.29) is 17.9 Å². The predicted molar refractivity (Wildman–Crippen MR) is 117 cm³/mol. The molecular weight excluding hydrogens is 384 g/mol. The Labute approximate surface area is 181 Å². The quantitative estimate of drug-likeness (QED) is 0.437. The lowest BCUT2D eigenvalue weighted by Gasteiger charge is -2.38. The van der Waals surface area contributed by atoms with Crippen LogP contribution in [-0.2, 0) is 19.1 Å². The number of carbonyl (C=O) groups excluding carboxylic acids is 3. The Morgan fingerprint density at radius 3 is 2.37 bits per heavy atom. The van der Waals surface area contributed by atoms with Gasteiger partial charge in [-0.2, -0.15) is 0 Å². The van der Waals surface area contributed by atoms with Gasteiger partial charge in [0.2, 0.25) is 5.91 Å². The molecule has 170 valence electrons. The predicted octanol–water partition coefficient (Wildman–Crippen LogP) is 3.93. The zero-order chi connectivity index (χ0) is 23.1. The highest BCUT2D eigenvalue weighted by Gasteiger charge is 2.46. The van der Waals surface area contributed by atoms with Gasteiger partial charge in [0.1, 0.15) is 17.7 Å². The number of ether oxygens (including phenoxy) is 2. The third kappa shape index (κ3) is 6.34. The largest absolute Gasteiger partial charge is 0.467 e. The lowest BCUT2D eigenvalue weighted by molar-refractivity contribution is -0.155. The van der Waals surface area contributed by atoms with Crippen LogP contribution in [0, 0.1) is 5.92 Å². The van der Waals surface area contributed by atoms with Gasteiger partial charge in [-0.15, -0.1) is 6.58 Å². The van der Waals surface area contributed by atoms with Gasteiger partial charge in [-0.3, -0.25) is 9.69 Å². The summed E-state index contributed by atoms with van der Waals surface area (Å²) in [5.74, 6) is -1.01. The van der Waals surface area contributed by atoms with Crippen molar-refractivity contribution in [1.82, 2.24) is 9.80 Å². The first-order valence-electron chi connectivity index (χ1n) is 10.7. The number of esters is 1. The molecular formula is C23H38N2O5. The summed E-state index contributed by atoms with van der Waals surface area (Å²) in [5.41, 5.74) is -0.675. The topological polar surface area (TPSA) is 76.2 Å². The Kier molecular flexibility index (Phi) is 9.59. The van der Waals surface area contributed by atoms with Crippen molar-refractivity contribution in [2.45, 2.75) is 84.5 Å². The molecule has 4 atom stereocenters. The first kappa shape index (κ1) is 25.7. The van der Waals surface area contributed by atoms with Gasteiger partial charge >= 0.3 is 12.1 Å². The van der Waals surface area contributed by atoms with E-state index in [1.807, 2.05) is 26.0 Å². The van der Waals surface area contributed by atoms with Crippen molar-refractivity contribution in [3.63, 3.8) is 0 Å². The molecule has 7 nitrogen and oxygen atoms in total. The second-order valence-electron chi connectivity index (χ2n) is 8.56. The summed E-state index contributed by atoms with van der Waals surface area (Å²) in [6, 6.07) is -1.85. The van der Waals surface area contributed by atoms with Crippen molar-refractivity contribution in [2.24, 2.45) is 5.92 Å². The SMILES string of the molecule is C=C[C@H]1CCN(C(=O)OC(C)(C)C)[C@@H]1C(=O)N([C@H](/C=C/CC)CC)[C@@H](C)C(=O)OC. The van der Waals surface area contributed by atoms with Crippen LogP contribution in [0.4, 0.5) is 4.79 Å². The van der Waals surface area contributed by atoms with Gasteiger partial charge in [0.15, 0.2) is 0 Å². The van der Waals surface area contributed by atoms with Crippen LogP contribution in [0.15, 0.2) is 24.8 Å². The molecule has 0 spiro atoms. The lowest BCUT2D eigenvalue weighted by Crippen LogP contribution is -2.57. The Balaban J connectivity index is 3.36. The fourth-order valence-electron chi connectivity index (χ4n) is 3.70. The maximum atomic E-state index is 13.8. The van der Waals surface area contributed by atoms with Crippen LogP contribution in [0.2, 0.25) is 0 Å². The summed E-state index contributed by atoms with van der Waals surface area (Å²) >= 11 is 0. The monoisotopic (exact) mass is 422 g/mol. The third-order valence-electron chi connectivity index (χ3n) is 5.21. The number of hydrogen-bond donors (Lipinski definition) is 0. The smallest absolute Gasteiger partial charge is 0.410 e. The van der Waals surface area contributed by atoms with Crippen LogP contribution in [-0.4, -0.2) is 65.2 Å². The van der Waals surface area contributed by atoms with Crippen LogP contribution >= 0.6 is 0 Å². The minimum atomic E-state index is -0.791. The molecule has 0 unspecified atom stereocenters. The van der Waals surface area contributed by atoms with E-state index in [9.17, 15) is 14.4 Å². The maximum Gasteiger partial charge on any atom is 0.410 e. The third-order valence-corrected chi connectivity index (χ3v) is 5.21. The summed E-state index contributed by atoms with van der Waals surface area (Å²) < 4.78 is 10.4. The van der Waals surface area contributed by atoms with E-state index < -0.39 is 29.7 Å². The zero-order valence-corrected chi connectivity index (χ0v) is 19.5. The molecule has 0 bridgehead atoms. The molecule has 0 aromatic carbocycles. The van der Waals surface area contributed by atoms with E-state index in [1.54, 1.807) is 38.7 Å². The lowest BCUT2D eigenvalue weighted by atomic mass is 9.97. The van der Waals surface area contributed by atoms with Crippen molar-refractivity contribution in [3.05, 3.63) is 24.8 Å². The second-order valence-corrected chi connectivity index (χ2v) is 8.56. The molecule has 2 amide bonds. The van der Waals surface area contributed by atoms with Gasteiger partial charge in [0.05, 0.1) is 13.2 Å². The summed E-state index contributed by atoms with van der Waals surface area (Å²) in [5, 5.41) is 0. The van der Waals surface area contributed by atoms with Gasteiger partial charge in [-0.05, 0) is 47.0 Å². The van der Waals surface area contributed by atoms with Gasteiger partial charge in [-0.25, -0.2) is 9.59 Å². The highest BCUT2D eigenvalue weighted by Crippen LogP contribution is 2.30. The highest BCUT2D eigenvalue weighted by molar-refractivity contribution is 5.91. The van der Waals surface area contributed by atoms with Crippen molar-refractivity contribution < 1.29 is 23.9 Å². The molecule has 0 saturated carbocycles. The van der Waals surface area contributed by atoms with Crippen LogP contribution in [0.1, 0.15) is 60.8 Å². The molecule has 1 aliphatic rings. The number of carbonyl (C=O) groups is 3. The zero-order valence-electron chi connectivity index (χ0n) is 19.5. The van der Waals surface area contributed by atoms with E-state index in [2.05, 4.69) is 6.58 Å². The van der Waals surface area contributed by atoms with Crippen LogP contribution < -0.4 is 0 Å². The summed E-state index contributed by atoms with van der Waals surface area (Å²) in [7, 11) is 1.30. The van der Waals surface area contributed by atoms with Gasteiger partial charge in [0, 0.05) is 12.5 Å². The number of methoxy groups -OCH3 is 1. The number of hydrogen-bond acceptors (Lipinski definition) is 5. The molecule has 1 heterocycles. The summed E-state index contributed by atoms with van der Waals surface area (Å²) in [6.45, 7) is 15.2. The van der Waals surface area contributed by atoms with Crippen molar-refractivity contribution >= 4 is 18.0 Å². The molecule has 30 heavy (non-hydrogen) atoms. The molecule has 1 rings (SSSR count). The second kappa shape index (κ2) is 11.2. The molecule has 1 fully saturated rings. The number of nitrogens with zero attached hydrogens (tertiary/aromatic N) is 2. The molecule has 7 heteroatoms. The van der Waals surface area contributed by atoms with Crippen LogP contribution in [0.5, 0.6) is 0 Å². The molecule has 0 radical (unpaired) electrons. The average molecular weight is 423 g/mol. The van der Waals surface area contributed by atoms with E-state index in [0.717, 1.165) is 6.42 Å². The summed E-state index contributed by atoms with van der Waals surface area (Å²) in [6.07, 6.45) is 7.14. The van der Waals surface area contributed by atoms with Crippen molar-refractivity contribution in [3.8, 4) is 0 Å². The Morgan fingerprint density at radius 1 is 1.27 bits per heavy atom. The van der Waals surface area contributed by atoms with E-state index in [0.29, 0.717) is 19.4 Å². The minimum absolute atomic E-state index is 0.218. The number of allylic oxidation sites excluding steroid dienone is 1. The van der Waals surface area contributed by atoms with E-state index >= 15 is 0 Å². The molecule has 0 N–H and O–H groups in total. The van der Waals surface area contributed by atoms with Gasteiger partial charge < -0.3 is 14.4 Å². The average Bonchev–Trinajstić information content (AvgIpc) is 3.12. The standard InChI is InChI=1S/C23H38N2O5/c1-9-12-13-18(11-3)25(16(4)21(27)29-8)20(26)19-17(10-2)14-15-24(19)22(28)30-23(5,6)7/h10,12-13,16-19H,2,9,11,14-15H2,1,3-8H3/b13-12+/t16-,17-,18-,19-/m0/s1. The fourth-order valence-corrected chi connectivity index (χ4v) is 3.70. The van der Waals surface area contributed by atoms with Crippen molar-refractivity contribution in [1.29, 1.82) is 0 Å². The molecule has 0 aromatic heterocycles.